The number of benzene rings is 3. The Morgan fingerprint density at radius 1 is 1.07 bits per heavy atom. The van der Waals surface area contributed by atoms with Gasteiger partial charge >= 0.3 is 5.91 Å². The van der Waals surface area contributed by atoms with Gasteiger partial charge in [-0.05, 0) is 66.1 Å². The molecule has 1 atom stereocenters. The fourth-order valence-corrected chi connectivity index (χ4v) is 6.39. The van der Waals surface area contributed by atoms with Crippen LogP contribution >= 0.6 is 34.7 Å². The number of carbonyl (C=O) groups is 2. The highest BCUT2D eigenvalue weighted by molar-refractivity contribution is 8.00. The smallest absolute Gasteiger partial charge is 0.301 e. The lowest BCUT2D eigenvalue weighted by Gasteiger charge is -2.23. The summed E-state index contributed by atoms with van der Waals surface area (Å²) in [6.07, 6.45) is 2.48. The van der Waals surface area contributed by atoms with E-state index < -0.39 is 17.7 Å². The SMILES string of the molecule is C=CCOc1cccc(C2C(=C(O)c3ccc(OCCC)cc3)C(=O)C(=O)N2c2nnc(SCc3ccc(Cl)cc3)s2)c1. The van der Waals surface area contributed by atoms with Gasteiger partial charge < -0.3 is 14.6 Å². The number of ether oxygens (including phenoxy) is 2. The van der Waals surface area contributed by atoms with Crippen LogP contribution in [0.1, 0.15) is 36.1 Å². The number of anilines is 1. The van der Waals surface area contributed by atoms with E-state index in [0.29, 0.717) is 44.3 Å². The third kappa shape index (κ3) is 6.93. The van der Waals surface area contributed by atoms with Crippen molar-refractivity contribution in [3.8, 4) is 11.5 Å². The van der Waals surface area contributed by atoms with Crippen molar-refractivity contribution in [2.45, 2.75) is 29.5 Å². The number of amides is 1. The minimum absolute atomic E-state index is 0.0568. The molecule has 2 heterocycles. The first-order valence-electron chi connectivity index (χ1n) is 13.5. The normalized spacial score (nSPS) is 16.0. The first kappa shape index (κ1) is 30.3. The van der Waals surface area contributed by atoms with Crippen LogP contribution in [0.5, 0.6) is 11.5 Å². The van der Waals surface area contributed by atoms with Crippen LogP contribution in [0, 0.1) is 0 Å². The maximum Gasteiger partial charge on any atom is 0.301 e. The van der Waals surface area contributed by atoms with E-state index in [9.17, 15) is 14.7 Å². The predicted octanol–water partition coefficient (Wildman–Crippen LogP) is 7.46. The molecule has 0 aliphatic carbocycles. The van der Waals surface area contributed by atoms with Crippen LogP contribution in [0.2, 0.25) is 5.02 Å². The number of Topliss-reactive ketones (excluding diaryl/α,β-unsaturated/α-hetero) is 1. The summed E-state index contributed by atoms with van der Waals surface area (Å²) in [5.41, 5.74) is 1.94. The molecule has 1 aliphatic heterocycles. The van der Waals surface area contributed by atoms with Gasteiger partial charge in [0.15, 0.2) is 4.34 Å². The minimum Gasteiger partial charge on any atom is -0.507 e. The molecule has 0 saturated carbocycles. The summed E-state index contributed by atoms with van der Waals surface area (Å²) in [7, 11) is 0. The Bertz CT molecular complexity index is 1650. The number of hydrogen-bond donors (Lipinski definition) is 1. The summed E-state index contributed by atoms with van der Waals surface area (Å²) in [5, 5.41) is 20.9. The zero-order valence-electron chi connectivity index (χ0n) is 23.2. The molecular formula is C32H28ClN3O5S2. The summed E-state index contributed by atoms with van der Waals surface area (Å²) in [6.45, 7) is 6.53. The Morgan fingerprint density at radius 2 is 1.84 bits per heavy atom. The number of thioether (sulfide) groups is 1. The van der Waals surface area contributed by atoms with Gasteiger partial charge in [0, 0.05) is 16.3 Å². The maximum absolute atomic E-state index is 13.6. The van der Waals surface area contributed by atoms with Crippen LogP contribution in [0.25, 0.3) is 5.76 Å². The van der Waals surface area contributed by atoms with Crippen molar-refractivity contribution in [3.05, 3.63) is 113 Å². The lowest BCUT2D eigenvalue weighted by molar-refractivity contribution is -0.132. The van der Waals surface area contributed by atoms with Crippen LogP contribution in [0.4, 0.5) is 5.13 Å². The first-order valence-corrected chi connectivity index (χ1v) is 15.7. The van der Waals surface area contributed by atoms with E-state index in [2.05, 4.69) is 16.8 Å². The quantitative estimate of drug-likeness (QED) is 0.0428. The van der Waals surface area contributed by atoms with Crippen LogP contribution in [0.15, 0.2) is 95.4 Å². The summed E-state index contributed by atoms with van der Waals surface area (Å²) in [6, 6.07) is 20.3. The Morgan fingerprint density at radius 3 is 2.56 bits per heavy atom. The van der Waals surface area contributed by atoms with Gasteiger partial charge in [-0.15, -0.1) is 10.2 Å². The molecule has 1 fully saturated rings. The largest absolute Gasteiger partial charge is 0.507 e. The van der Waals surface area contributed by atoms with E-state index in [0.717, 1.165) is 12.0 Å². The zero-order chi connectivity index (χ0) is 30.3. The van der Waals surface area contributed by atoms with Crippen LogP contribution < -0.4 is 14.4 Å². The Kier molecular flexibility index (Phi) is 9.81. The molecular weight excluding hydrogens is 606 g/mol. The number of nitrogens with zero attached hydrogens (tertiary/aromatic N) is 3. The molecule has 3 aromatic carbocycles. The van der Waals surface area contributed by atoms with Gasteiger partial charge in [-0.3, -0.25) is 14.5 Å². The fraction of sp³-hybridized carbons (Fsp3) is 0.188. The topological polar surface area (TPSA) is 102 Å². The monoisotopic (exact) mass is 633 g/mol. The predicted molar refractivity (Wildman–Crippen MR) is 170 cm³/mol. The highest BCUT2D eigenvalue weighted by Gasteiger charge is 2.48. The number of rotatable bonds is 12. The van der Waals surface area contributed by atoms with Gasteiger partial charge in [-0.2, -0.15) is 0 Å². The van der Waals surface area contributed by atoms with E-state index in [1.807, 2.05) is 31.2 Å². The third-order valence-electron chi connectivity index (χ3n) is 6.46. The second-order valence-corrected chi connectivity index (χ2v) is 12.1. The zero-order valence-corrected chi connectivity index (χ0v) is 25.6. The molecule has 1 amide bonds. The molecule has 8 nitrogen and oxygen atoms in total. The molecule has 220 valence electrons. The lowest BCUT2D eigenvalue weighted by Crippen LogP contribution is -2.29. The molecule has 1 unspecified atom stereocenters. The van der Waals surface area contributed by atoms with E-state index in [4.69, 9.17) is 21.1 Å². The second-order valence-electron chi connectivity index (χ2n) is 9.48. The molecule has 1 aliphatic rings. The molecule has 0 radical (unpaired) electrons. The summed E-state index contributed by atoms with van der Waals surface area (Å²) < 4.78 is 12.0. The highest BCUT2D eigenvalue weighted by atomic mass is 35.5. The van der Waals surface area contributed by atoms with E-state index in [-0.39, 0.29) is 23.1 Å². The minimum atomic E-state index is -0.967. The van der Waals surface area contributed by atoms with Crippen molar-refractivity contribution in [1.29, 1.82) is 0 Å². The number of aromatic nitrogens is 2. The van der Waals surface area contributed by atoms with Crippen molar-refractivity contribution in [2.24, 2.45) is 0 Å². The number of halogens is 1. The van der Waals surface area contributed by atoms with Crippen LogP contribution in [-0.4, -0.2) is 40.2 Å². The van der Waals surface area contributed by atoms with Gasteiger partial charge in [0.2, 0.25) is 5.13 Å². The van der Waals surface area contributed by atoms with Gasteiger partial charge in [0.05, 0.1) is 18.2 Å². The third-order valence-corrected chi connectivity index (χ3v) is 8.84. The van der Waals surface area contributed by atoms with Gasteiger partial charge in [-0.25, -0.2) is 0 Å². The highest BCUT2D eigenvalue weighted by Crippen LogP contribution is 2.44. The van der Waals surface area contributed by atoms with Gasteiger partial charge in [0.1, 0.15) is 23.9 Å². The lowest BCUT2D eigenvalue weighted by atomic mass is 9.95. The summed E-state index contributed by atoms with van der Waals surface area (Å²) >= 11 is 8.65. The standard InChI is InChI=1S/C32H28ClN3O5S2/c1-3-16-40-24-14-10-21(11-15-24)28(37)26-27(22-6-5-7-25(18-22)41-17-4-2)36(30(39)29(26)38)31-34-35-32(43-31)42-19-20-8-12-23(33)13-9-20/h4-15,18,27,37H,2-3,16-17,19H2,1H3. The number of hydrogen-bond acceptors (Lipinski definition) is 9. The first-order chi connectivity index (χ1) is 20.9. The van der Waals surface area contributed by atoms with Crippen molar-refractivity contribution in [1.82, 2.24) is 10.2 Å². The second kappa shape index (κ2) is 13.9. The Hall–Kier alpha value is -4.12. The Labute approximate surface area is 262 Å². The summed E-state index contributed by atoms with van der Waals surface area (Å²) in [5.74, 6) is -0.146. The molecule has 0 spiro atoms. The molecule has 5 rings (SSSR count). The Balaban J connectivity index is 1.52. The van der Waals surface area contributed by atoms with Crippen molar-refractivity contribution < 1.29 is 24.2 Å². The molecule has 4 aromatic rings. The molecule has 0 bridgehead atoms. The molecule has 1 saturated heterocycles. The number of aliphatic hydroxyl groups is 1. The number of carbonyl (C=O) groups excluding carboxylic acids is 2. The van der Waals surface area contributed by atoms with Crippen molar-refractivity contribution >= 4 is 57.3 Å². The number of aliphatic hydroxyl groups excluding tert-OH is 1. The van der Waals surface area contributed by atoms with E-state index in [1.165, 1.54) is 28.0 Å². The molecule has 1 aromatic heterocycles. The summed E-state index contributed by atoms with van der Waals surface area (Å²) in [4.78, 5) is 28.4. The average Bonchev–Trinajstić information content (AvgIpc) is 3.60. The van der Waals surface area contributed by atoms with Crippen molar-refractivity contribution in [2.75, 3.05) is 18.1 Å². The fourth-order valence-electron chi connectivity index (χ4n) is 4.44. The molecule has 11 heteroatoms. The van der Waals surface area contributed by atoms with Crippen LogP contribution in [0.3, 0.4) is 0 Å². The maximum atomic E-state index is 13.6. The van der Waals surface area contributed by atoms with Gasteiger partial charge in [0.25, 0.3) is 5.78 Å². The van der Waals surface area contributed by atoms with Crippen LogP contribution in [-0.2, 0) is 15.3 Å². The van der Waals surface area contributed by atoms with E-state index in [1.54, 1.807) is 54.6 Å². The van der Waals surface area contributed by atoms with Crippen molar-refractivity contribution in [3.63, 3.8) is 0 Å². The molecule has 43 heavy (non-hydrogen) atoms. The average molecular weight is 634 g/mol. The van der Waals surface area contributed by atoms with E-state index >= 15 is 0 Å². The molecule has 1 N–H and O–H groups in total. The van der Waals surface area contributed by atoms with Gasteiger partial charge in [-0.1, -0.05) is 78.5 Å². The number of ketones is 1.